The molecule has 3 rings (SSSR count). The van der Waals surface area contributed by atoms with E-state index < -0.39 is 0 Å². The van der Waals surface area contributed by atoms with Crippen LogP contribution < -0.4 is 5.32 Å². The molecule has 0 radical (unpaired) electrons. The highest BCUT2D eigenvalue weighted by atomic mass is 35.5. The maximum atomic E-state index is 12.7. The van der Waals surface area contributed by atoms with Crippen molar-refractivity contribution < 1.29 is 4.79 Å². The number of hydrogen-bond donors (Lipinski definition) is 1. The Morgan fingerprint density at radius 1 is 1.42 bits per heavy atom. The third kappa shape index (κ3) is 3.56. The van der Waals surface area contributed by atoms with Gasteiger partial charge in [-0.25, -0.2) is 4.98 Å². The fourth-order valence-electron chi connectivity index (χ4n) is 3.10. The van der Waals surface area contributed by atoms with Crippen LogP contribution in [0.1, 0.15) is 42.4 Å². The van der Waals surface area contributed by atoms with Crippen molar-refractivity contribution in [2.24, 2.45) is 7.05 Å². The molecule has 24 heavy (non-hydrogen) atoms. The third-order valence-corrected chi connectivity index (χ3v) is 4.95. The summed E-state index contributed by atoms with van der Waals surface area (Å²) in [5, 5.41) is 3.78. The summed E-state index contributed by atoms with van der Waals surface area (Å²) in [6.45, 7) is 3.53. The van der Waals surface area contributed by atoms with Gasteiger partial charge in [0.25, 0.3) is 5.91 Å². The molecule has 1 aliphatic heterocycles. The summed E-state index contributed by atoms with van der Waals surface area (Å²) in [6.07, 6.45) is 7.00. The molecule has 0 bridgehead atoms. The first-order valence-electron chi connectivity index (χ1n) is 8.37. The van der Waals surface area contributed by atoms with Gasteiger partial charge in [-0.1, -0.05) is 11.6 Å². The first-order chi connectivity index (χ1) is 11.6. The Hall–Kier alpha value is -2.01. The van der Waals surface area contributed by atoms with Crippen LogP contribution in [0.25, 0.3) is 0 Å². The molecule has 128 valence electrons. The number of rotatable bonds is 4. The lowest BCUT2D eigenvalue weighted by Gasteiger charge is -2.33. The summed E-state index contributed by atoms with van der Waals surface area (Å²) in [7, 11) is 1.96. The van der Waals surface area contributed by atoms with E-state index in [1.54, 1.807) is 6.20 Å². The quantitative estimate of drug-likeness (QED) is 0.918. The van der Waals surface area contributed by atoms with Crippen LogP contribution in [0.2, 0.25) is 5.02 Å². The number of aryl methyl sites for hydroxylation is 1. The minimum Gasteiger partial charge on any atom is -0.378 e. The number of hydrogen-bond acceptors (Lipinski definition) is 3. The average molecular weight is 347 g/mol. The van der Waals surface area contributed by atoms with Crippen molar-refractivity contribution in [3.8, 4) is 0 Å². The predicted octanol–water partition coefficient (Wildman–Crippen LogP) is 3.70. The predicted molar refractivity (Wildman–Crippen MR) is 96.3 cm³/mol. The van der Waals surface area contributed by atoms with E-state index in [9.17, 15) is 4.79 Å². The molecule has 2 aromatic rings. The van der Waals surface area contributed by atoms with Crippen molar-refractivity contribution in [2.45, 2.75) is 38.8 Å². The first-order valence-corrected chi connectivity index (χ1v) is 8.74. The van der Waals surface area contributed by atoms with Gasteiger partial charge < -0.3 is 14.8 Å². The van der Waals surface area contributed by atoms with Crippen LogP contribution in [0.5, 0.6) is 0 Å². The van der Waals surface area contributed by atoms with Crippen LogP contribution in [-0.4, -0.2) is 32.9 Å². The van der Waals surface area contributed by atoms with Gasteiger partial charge in [-0.05, 0) is 44.4 Å². The van der Waals surface area contributed by atoms with Gasteiger partial charge in [0, 0.05) is 37.7 Å². The average Bonchev–Trinajstić information content (AvgIpc) is 2.98. The Bertz CT molecular complexity index is 728. The van der Waals surface area contributed by atoms with Crippen molar-refractivity contribution in [2.75, 3.05) is 11.9 Å². The van der Waals surface area contributed by atoms with Crippen LogP contribution in [-0.2, 0) is 13.6 Å². The zero-order chi connectivity index (χ0) is 17.1. The molecular weight excluding hydrogens is 324 g/mol. The second-order valence-corrected chi connectivity index (χ2v) is 6.75. The summed E-state index contributed by atoms with van der Waals surface area (Å²) < 4.78 is 1.96. The van der Waals surface area contributed by atoms with Gasteiger partial charge >= 0.3 is 0 Å². The second-order valence-electron chi connectivity index (χ2n) is 6.35. The van der Waals surface area contributed by atoms with Crippen molar-refractivity contribution in [3.63, 3.8) is 0 Å². The largest absolute Gasteiger partial charge is 0.378 e. The van der Waals surface area contributed by atoms with Gasteiger partial charge in [-0.2, -0.15) is 0 Å². The number of anilines is 1. The van der Waals surface area contributed by atoms with E-state index >= 15 is 0 Å². The van der Waals surface area contributed by atoms with Crippen molar-refractivity contribution in [1.29, 1.82) is 0 Å². The number of nitrogens with one attached hydrogen (secondary N) is 1. The van der Waals surface area contributed by atoms with E-state index in [4.69, 9.17) is 11.6 Å². The molecule has 1 aromatic heterocycles. The fourth-order valence-corrected chi connectivity index (χ4v) is 3.36. The van der Waals surface area contributed by atoms with E-state index in [0.29, 0.717) is 17.1 Å². The molecule has 0 saturated carbocycles. The normalized spacial score (nSPS) is 17.8. The van der Waals surface area contributed by atoms with Crippen molar-refractivity contribution in [3.05, 3.63) is 47.0 Å². The number of carbonyl (C=O) groups excluding carboxylic acids is 1. The van der Waals surface area contributed by atoms with Gasteiger partial charge in [0.2, 0.25) is 0 Å². The zero-order valence-electron chi connectivity index (χ0n) is 14.1. The molecular formula is C18H23ClN4O. The monoisotopic (exact) mass is 346 g/mol. The lowest BCUT2D eigenvalue weighted by atomic mass is 10.0. The van der Waals surface area contributed by atoms with Gasteiger partial charge in [0.15, 0.2) is 0 Å². The van der Waals surface area contributed by atoms with Crippen molar-refractivity contribution in [1.82, 2.24) is 14.5 Å². The minimum absolute atomic E-state index is 0.0304. The SMILES string of the molecule is CC1CCCCN1C(=O)c1ccc(NCc2nccn2C)cc1Cl. The number of imidazole rings is 1. The fraction of sp³-hybridized carbons (Fsp3) is 0.444. The summed E-state index contributed by atoms with van der Waals surface area (Å²) in [4.78, 5) is 19.0. The van der Waals surface area contributed by atoms with Crippen LogP contribution in [0, 0.1) is 0 Å². The van der Waals surface area contributed by atoms with E-state index in [1.807, 2.05) is 40.9 Å². The van der Waals surface area contributed by atoms with E-state index in [2.05, 4.69) is 17.2 Å². The summed E-state index contributed by atoms with van der Waals surface area (Å²) in [5.74, 6) is 0.969. The van der Waals surface area contributed by atoms with Crippen LogP contribution >= 0.6 is 11.6 Å². The Balaban J connectivity index is 1.70. The Labute approximate surface area is 147 Å². The third-order valence-electron chi connectivity index (χ3n) is 4.63. The molecule has 1 fully saturated rings. The van der Waals surface area contributed by atoms with E-state index in [1.165, 1.54) is 6.42 Å². The highest BCUT2D eigenvalue weighted by molar-refractivity contribution is 6.34. The molecule has 1 unspecified atom stereocenters. The zero-order valence-corrected chi connectivity index (χ0v) is 14.9. The summed E-state index contributed by atoms with van der Waals surface area (Å²) >= 11 is 6.37. The highest BCUT2D eigenvalue weighted by Crippen LogP contribution is 2.26. The molecule has 1 saturated heterocycles. The molecule has 2 heterocycles. The standard InChI is InChI=1S/C18H23ClN4O/c1-13-5-3-4-9-23(13)18(24)15-7-6-14(11-16(15)19)21-12-17-20-8-10-22(17)2/h6-8,10-11,13,21H,3-5,9,12H2,1-2H3. The molecule has 5 nitrogen and oxygen atoms in total. The lowest BCUT2D eigenvalue weighted by molar-refractivity contribution is 0.0636. The molecule has 1 amide bonds. The smallest absolute Gasteiger partial charge is 0.255 e. The second kappa shape index (κ2) is 7.26. The van der Waals surface area contributed by atoms with Crippen LogP contribution in [0.3, 0.4) is 0 Å². The van der Waals surface area contributed by atoms with E-state index in [0.717, 1.165) is 30.9 Å². The number of benzene rings is 1. The Kier molecular flexibility index (Phi) is 5.09. The molecule has 1 N–H and O–H groups in total. The number of piperidine rings is 1. The molecule has 1 aliphatic rings. The number of nitrogens with zero attached hydrogens (tertiary/aromatic N) is 3. The molecule has 0 aliphatic carbocycles. The number of likely N-dealkylation sites (tertiary alicyclic amines) is 1. The summed E-state index contributed by atoms with van der Waals surface area (Å²) in [6, 6.07) is 5.80. The van der Waals surface area contributed by atoms with Gasteiger partial charge in [-0.3, -0.25) is 4.79 Å². The summed E-state index contributed by atoms with van der Waals surface area (Å²) in [5.41, 5.74) is 1.46. The maximum absolute atomic E-state index is 12.7. The van der Waals surface area contributed by atoms with E-state index in [-0.39, 0.29) is 11.9 Å². The van der Waals surface area contributed by atoms with Gasteiger partial charge in [0.05, 0.1) is 17.1 Å². The highest BCUT2D eigenvalue weighted by Gasteiger charge is 2.25. The topological polar surface area (TPSA) is 50.2 Å². The first kappa shape index (κ1) is 16.8. The number of carbonyl (C=O) groups is 1. The van der Waals surface area contributed by atoms with Gasteiger partial charge in [0.1, 0.15) is 5.82 Å². The maximum Gasteiger partial charge on any atom is 0.255 e. The van der Waals surface area contributed by atoms with Crippen LogP contribution in [0.4, 0.5) is 5.69 Å². The molecule has 1 aromatic carbocycles. The minimum atomic E-state index is 0.0304. The Morgan fingerprint density at radius 2 is 2.25 bits per heavy atom. The number of halogens is 1. The number of amides is 1. The van der Waals surface area contributed by atoms with Crippen LogP contribution in [0.15, 0.2) is 30.6 Å². The molecule has 1 atom stereocenters. The molecule has 6 heteroatoms. The number of aromatic nitrogens is 2. The molecule has 0 spiro atoms. The van der Waals surface area contributed by atoms with Gasteiger partial charge in [-0.15, -0.1) is 0 Å². The lowest BCUT2D eigenvalue weighted by Crippen LogP contribution is -2.42. The Morgan fingerprint density at radius 3 is 2.92 bits per heavy atom. The van der Waals surface area contributed by atoms with Crippen molar-refractivity contribution >= 4 is 23.2 Å².